The van der Waals surface area contributed by atoms with Crippen molar-refractivity contribution in [3.8, 4) is 5.75 Å². The third-order valence-electron chi connectivity index (χ3n) is 4.36. The first-order valence-corrected chi connectivity index (χ1v) is 8.33. The van der Waals surface area contributed by atoms with E-state index < -0.39 is 5.60 Å². The van der Waals surface area contributed by atoms with Gasteiger partial charge in [0.15, 0.2) is 0 Å². The number of ether oxygens (including phenoxy) is 2. The predicted molar refractivity (Wildman–Crippen MR) is 93.5 cm³/mol. The number of amides is 1. The van der Waals surface area contributed by atoms with Crippen molar-refractivity contribution >= 4 is 5.91 Å². The number of carbonyl (C=O) groups is 1. The van der Waals surface area contributed by atoms with Gasteiger partial charge in [-0.1, -0.05) is 18.2 Å². The first-order valence-electron chi connectivity index (χ1n) is 8.33. The summed E-state index contributed by atoms with van der Waals surface area (Å²) in [5.74, 6) is 0.399. The summed E-state index contributed by atoms with van der Waals surface area (Å²) >= 11 is 0. The highest BCUT2D eigenvalue weighted by atomic mass is 19.1. The molecule has 4 nitrogen and oxygen atoms in total. The molecule has 2 aromatic rings. The largest absolute Gasteiger partial charge is 0.487 e. The number of nitrogens with one attached hydrogen (secondary N) is 1. The van der Waals surface area contributed by atoms with Gasteiger partial charge >= 0.3 is 0 Å². The maximum absolute atomic E-state index is 13.9. The van der Waals surface area contributed by atoms with Gasteiger partial charge in [0, 0.05) is 32.1 Å². The van der Waals surface area contributed by atoms with E-state index in [4.69, 9.17) is 9.47 Å². The number of methoxy groups -OCH3 is 1. The van der Waals surface area contributed by atoms with Crippen molar-refractivity contribution in [2.45, 2.75) is 25.4 Å². The number of benzene rings is 2. The fourth-order valence-electron chi connectivity index (χ4n) is 3.17. The average Bonchev–Trinajstić information content (AvgIpc) is 2.92. The predicted octanol–water partition coefficient (Wildman–Crippen LogP) is 3.14. The van der Waals surface area contributed by atoms with Gasteiger partial charge in [-0.05, 0) is 42.3 Å². The van der Waals surface area contributed by atoms with Crippen LogP contribution < -0.4 is 10.1 Å². The molecule has 1 N–H and O–H groups in total. The molecule has 1 aliphatic rings. The Labute approximate surface area is 147 Å². The summed E-state index contributed by atoms with van der Waals surface area (Å²) < 4.78 is 24.9. The van der Waals surface area contributed by atoms with E-state index in [2.05, 4.69) is 5.32 Å². The molecule has 25 heavy (non-hydrogen) atoms. The summed E-state index contributed by atoms with van der Waals surface area (Å²) in [6, 6.07) is 12.2. The molecule has 0 spiro atoms. The van der Waals surface area contributed by atoms with Gasteiger partial charge < -0.3 is 14.8 Å². The summed E-state index contributed by atoms with van der Waals surface area (Å²) in [6.07, 6.45) is 1.11. The number of fused-ring (bicyclic) bond motifs is 1. The molecule has 2 aromatic carbocycles. The zero-order valence-corrected chi connectivity index (χ0v) is 14.5. The van der Waals surface area contributed by atoms with Crippen molar-refractivity contribution in [1.82, 2.24) is 5.32 Å². The maximum Gasteiger partial charge on any atom is 0.251 e. The van der Waals surface area contributed by atoms with Crippen molar-refractivity contribution in [2.75, 3.05) is 20.3 Å². The fraction of sp³-hybridized carbons (Fsp3) is 0.350. The second-order valence-electron chi connectivity index (χ2n) is 6.57. The van der Waals surface area contributed by atoms with Crippen molar-refractivity contribution < 1.29 is 18.7 Å². The van der Waals surface area contributed by atoms with E-state index in [0.717, 1.165) is 11.3 Å². The molecule has 5 heteroatoms. The van der Waals surface area contributed by atoms with Crippen LogP contribution in [0.4, 0.5) is 4.39 Å². The molecule has 1 unspecified atom stereocenters. The summed E-state index contributed by atoms with van der Waals surface area (Å²) in [4.78, 5) is 12.2. The van der Waals surface area contributed by atoms with E-state index >= 15 is 0 Å². The van der Waals surface area contributed by atoms with Gasteiger partial charge in [0.2, 0.25) is 0 Å². The summed E-state index contributed by atoms with van der Waals surface area (Å²) in [5, 5.41) is 2.80. The minimum Gasteiger partial charge on any atom is -0.487 e. The van der Waals surface area contributed by atoms with E-state index in [0.29, 0.717) is 37.1 Å². The van der Waals surface area contributed by atoms with E-state index in [9.17, 15) is 9.18 Å². The van der Waals surface area contributed by atoms with E-state index in [1.54, 1.807) is 25.3 Å². The number of hydrogen-bond donors (Lipinski definition) is 1. The van der Waals surface area contributed by atoms with Crippen LogP contribution in [0.2, 0.25) is 0 Å². The number of carbonyl (C=O) groups excluding carboxylic acids is 1. The zero-order chi connectivity index (χ0) is 17.9. The van der Waals surface area contributed by atoms with Crippen LogP contribution in [0.3, 0.4) is 0 Å². The van der Waals surface area contributed by atoms with Crippen LogP contribution in [-0.2, 0) is 17.6 Å². The van der Waals surface area contributed by atoms with Gasteiger partial charge in [-0.25, -0.2) is 4.39 Å². The Hall–Kier alpha value is -2.40. The summed E-state index contributed by atoms with van der Waals surface area (Å²) in [5.41, 5.74) is 1.68. The lowest BCUT2D eigenvalue weighted by atomic mass is 9.91. The highest BCUT2D eigenvalue weighted by Gasteiger charge is 2.36. The van der Waals surface area contributed by atoms with Crippen molar-refractivity contribution in [1.29, 1.82) is 0 Å². The van der Waals surface area contributed by atoms with E-state index in [-0.39, 0.29) is 11.7 Å². The van der Waals surface area contributed by atoms with Crippen LogP contribution in [0, 0.1) is 5.82 Å². The second-order valence-corrected chi connectivity index (χ2v) is 6.57. The van der Waals surface area contributed by atoms with E-state index in [1.807, 2.05) is 25.1 Å². The Morgan fingerprint density at radius 1 is 1.32 bits per heavy atom. The standard InChI is InChI=1S/C20H22FNO3/c1-20(12-15-5-3-4-6-17(15)21)13-16-11-14(7-8-18(16)25-20)19(23)22-9-10-24-2/h3-8,11H,9-10,12-13H2,1-2H3,(H,22,23). The number of halogens is 1. The van der Waals surface area contributed by atoms with Crippen molar-refractivity contribution in [2.24, 2.45) is 0 Å². The molecule has 0 saturated carbocycles. The highest BCUT2D eigenvalue weighted by molar-refractivity contribution is 5.94. The molecular weight excluding hydrogens is 321 g/mol. The van der Waals surface area contributed by atoms with Crippen molar-refractivity contribution in [3.63, 3.8) is 0 Å². The topological polar surface area (TPSA) is 47.6 Å². The van der Waals surface area contributed by atoms with Crippen LogP contribution in [0.25, 0.3) is 0 Å². The normalized spacial score (nSPS) is 18.5. The Kier molecular flexibility index (Phi) is 5.04. The molecule has 0 bridgehead atoms. The van der Waals surface area contributed by atoms with Gasteiger partial charge in [-0.3, -0.25) is 4.79 Å². The first kappa shape index (κ1) is 17.4. The minimum atomic E-state index is -0.518. The first-order chi connectivity index (χ1) is 12.0. The third-order valence-corrected chi connectivity index (χ3v) is 4.36. The molecule has 3 rings (SSSR count). The van der Waals surface area contributed by atoms with Crippen LogP contribution in [0.15, 0.2) is 42.5 Å². The number of rotatable bonds is 6. The molecule has 0 aromatic heterocycles. The monoisotopic (exact) mass is 343 g/mol. The molecule has 1 atom stereocenters. The Morgan fingerprint density at radius 2 is 2.12 bits per heavy atom. The molecular formula is C20H22FNO3. The van der Waals surface area contributed by atoms with Crippen LogP contribution in [0.5, 0.6) is 5.75 Å². The van der Waals surface area contributed by atoms with Gasteiger partial charge in [0.1, 0.15) is 17.2 Å². The second kappa shape index (κ2) is 7.23. The summed E-state index contributed by atoms with van der Waals surface area (Å²) in [6.45, 7) is 2.91. The van der Waals surface area contributed by atoms with Crippen molar-refractivity contribution in [3.05, 3.63) is 65.0 Å². The van der Waals surface area contributed by atoms with Gasteiger partial charge in [0.25, 0.3) is 5.91 Å². The lowest BCUT2D eigenvalue weighted by Gasteiger charge is -2.24. The average molecular weight is 343 g/mol. The molecule has 1 aliphatic heterocycles. The van der Waals surface area contributed by atoms with E-state index in [1.165, 1.54) is 6.07 Å². The molecule has 0 saturated heterocycles. The molecule has 1 amide bonds. The Bertz CT molecular complexity index is 777. The van der Waals surface area contributed by atoms with Gasteiger partial charge in [0.05, 0.1) is 6.61 Å². The Morgan fingerprint density at radius 3 is 2.88 bits per heavy atom. The molecule has 0 radical (unpaired) electrons. The number of hydrogen-bond acceptors (Lipinski definition) is 3. The Balaban J connectivity index is 1.72. The maximum atomic E-state index is 13.9. The van der Waals surface area contributed by atoms with Gasteiger partial charge in [-0.2, -0.15) is 0 Å². The smallest absolute Gasteiger partial charge is 0.251 e. The van der Waals surface area contributed by atoms with Gasteiger partial charge in [-0.15, -0.1) is 0 Å². The molecule has 0 aliphatic carbocycles. The molecule has 132 valence electrons. The minimum absolute atomic E-state index is 0.137. The van der Waals surface area contributed by atoms with Crippen LogP contribution in [-0.4, -0.2) is 31.8 Å². The fourth-order valence-corrected chi connectivity index (χ4v) is 3.17. The third kappa shape index (κ3) is 3.99. The quantitative estimate of drug-likeness (QED) is 0.820. The van der Waals surface area contributed by atoms with Crippen LogP contribution >= 0.6 is 0 Å². The summed E-state index contributed by atoms with van der Waals surface area (Å²) in [7, 11) is 1.59. The lowest BCUT2D eigenvalue weighted by molar-refractivity contribution is 0.0937. The zero-order valence-electron chi connectivity index (χ0n) is 14.5. The highest BCUT2D eigenvalue weighted by Crippen LogP contribution is 2.37. The SMILES string of the molecule is COCCNC(=O)c1ccc2c(c1)CC(C)(Cc1ccccc1F)O2. The lowest BCUT2D eigenvalue weighted by Crippen LogP contribution is -2.33. The van der Waals surface area contributed by atoms with Crippen LogP contribution in [0.1, 0.15) is 28.4 Å². The molecule has 1 heterocycles. The molecule has 0 fully saturated rings.